The van der Waals surface area contributed by atoms with Gasteiger partial charge in [-0.25, -0.2) is 9.53 Å². The van der Waals surface area contributed by atoms with E-state index in [1.807, 2.05) is 60.7 Å². The standard InChI is InChI=1S/C20H27FN2O3SSi/c1-20(2,3)28(17-10-6-4-7-11-17,18-12-8-5-9-13-18)26-19-14-16(21)15-23(19)27(22,24)25/h4-13,16,19H,14-15H2,1-3H3,(H2,22,24,25). The van der Waals surface area contributed by atoms with Gasteiger partial charge in [-0.3, -0.25) is 0 Å². The smallest absolute Gasteiger partial charge is 0.279 e. The molecule has 2 aromatic carbocycles. The highest BCUT2D eigenvalue weighted by Gasteiger charge is 2.54. The van der Waals surface area contributed by atoms with Crippen LogP contribution >= 0.6 is 0 Å². The quantitative estimate of drug-likeness (QED) is 0.751. The molecule has 0 amide bonds. The normalized spacial score (nSPS) is 21.8. The number of nitrogens with zero attached hydrogens (tertiary/aromatic N) is 1. The molecule has 1 aliphatic heterocycles. The predicted octanol–water partition coefficient (Wildman–Crippen LogP) is 2.14. The second kappa shape index (κ2) is 7.68. The van der Waals surface area contributed by atoms with E-state index in [1.54, 1.807) is 0 Å². The minimum absolute atomic E-state index is 0.0269. The number of hydrogen-bond donors (Lipinski definition) is 1. The number of rotatable bonds is 5. The van der Waals surface area contributed by atoms with Crippen LogP contribution in [0.1, 0.15) is 27.2 Å². The van der Waals surface area contributed by atoms with Crippen molar-refractivity contribution >= 4 is 28.9 Å². The van der Waals surface area contributed by atoms with Crippen molar-refractivity contribution in [3.05, 3.63) is 60.7 Å². The van der Waals surface area contributed by atoms with Gasteiger partial charge in [0.2, 0.25) is 0 Å². The second-order valence-corrected chi connectivity index (χ2v) is 13.9. The lowest BCUT2D eigenvalue weighted by Gasteiger charge is -2.45. The third kappa shape index (κ3) is 3.92. The number of alkyl halides is 1. The molecular weight excluding hydrogens is 395 g/mol. The molecule has 0 radical (unpaired) electrons. The third-order valence-electron chi connectivity index (χ3n) is 5.21. The molecule has 0 aliphatic carbocycles. The highest BCUT2D eigenvalue weighted by Crippen LogP contribution is 2.39. The summed E-state index contributed by atoms with van der Waals surface area (Å²) in [7, 11) is -7.07. The van der Waals surface area contributed by atoms with Crippen molar-refractivity contribution < 1.29 is 17.2 Å². The maximum atomic E-state index is 14.2. The minimum Gasteiger partial charge on any atom is -0.391 e. The first-order valence-electron chi connectivity index (χ1n) is 9.28. The van der Waals surface area contributed by atoms with Crippen molar-refractivity contribution in [3.63, 3.8) is 0 Å². The molecule has 1 heterocycles. The zero-order valence-corrected chi connectivity index (χ0v) is 18.2. The molecule has 2 N–H and O–H groups in total. The first-order valence-corrected chi connectivity index (χ1v) is 12.7. The van der Waals surface area contributed by atoms with E-state index >= 15 is 0 Å². The molecule has 1 aliphatic rings. The van der Waals surface area contributed by atoms with Crippen LogP contribution in [0.5, 0.6) is 0 Å². The molecule has 1 fully saturated rings. The topological polar surface area (TPSA) is 72.6 Å². The Hall–Kier alpha value is -1.58. The number of halogens is 1. The van der Waals surface area contributed by atoms with Gasteiger partial charge in [0.1, 0.15) is 12.4 Å². The molecule has 28 heavy (non-hydrogen) atoms. The van der Waals surface area contributed by atoms with Crippen LogP contribution in [0.25, 0.3) is 0 Å². The average Bonchev–Trinajstić information content (AvgIpc) is 3.01. The molecule has 0 spiro atoms. The van der Waals surface area contributed by atoms with E-state index in [0.29, 0.717) is 0 Å². The highest BCUT2D eigenvalue weighted by atomic mass is 32.2. The number of nitrogens with two attached hydrogens (primary N) is 1. The van der Waals surface area contributed by atoms with Crippen LogP contribution in [-0.2, 0) is 14.6 Å². The van der Waals surface area contributed by atoms with Gasteiger partial charge in [-0.1, -0.05) is 81.4 Å². The molecule has 5 nitrogen and oxygen atoms in total. The molecule has 2 unspecified atom stereocenters. The van der Waals surface area contributed by atoms with Crippen LogP contribution in [0.2, 0.25) is 5.04 Å². The van der Waals surface area contributed by atoms with Gasteiger partial charge in [-0.2, -0.15) is 12.7 Å². The SMILES string of the molecule is CC(C)(C)[Si](OC1CC(F)CN1S(N)(=O)=O)(c1ccccc1)c1ccccc1. The maximum absolute atomic E-state index is 14.2. The monoisotopic (exact) mass is 422 g/mol. The minimum atomic E-state index is -4.08. The van der Waals surface area contributed by atoms with Crippen LogP contribution in [-0.4, -0.2) is 40.0 Å². The summed E-state index contributed by atoms with van der Waals surface area (Å²) in [6.07, 6.45) is -2.26. The lowest BCUT2D eigenvalue weighted by atomic mass is 10.2. The van der Waals surface area contributed by atoms with Crippen molar-refractivity contribution in [2.45, 2.75) is 44.6 Å². The van der Waals surface area contributed by atoms with Gasteiger partial charge in [0, 0.05) is 13.0 Å². The largest absolute Gasteiger partial charge is 0.391 e. The van der Waals surface area contributed by atoms with Crippen LogP contribution in [0.3, 0.4) is 0 Å². The van der Waals surface area contributed by atoms with E-state index in [-0.39, 0.29) is 18.0 Å². The van der Waals surface area contributed by atoms with E-state index in [4.69, 9.17) is 9.56 Å². The van der Waals surface area contributed by atoms with Gasteiger partial charge in [-0.15, -0.1) is 0 Å². The number of hydrogen-bond acceptors (Lipinski definition) is 3. The molecule has 2 atom stereocenters. The van der Waals surface area contributed by atoms with Gasteiger partial charge in [0.25, 0.3) is 18.5 Å². The summed E-state index contributed by atoms with van der Waals surface area (Å²) < 4.78 is 46.0. The van der Waals surface area contributed by atoms with Gasteiger partial charge < -0.3 is 4.43 Å². The summed E-state index contributed by atoms with van der Waals surface area (Å²) in [5.74, 6) is 0. The van der Waals surface area contributed by atoms with Crippen molar-refractivity contribution in [3.8, 4) is 0 Å². The summed E-state index contributed by atoms with van der Waals surface area (Å²) in [6, 6.07) is 19.7. The number of benzene rings is 2. The van der Waals surface area contributed by atoms with Crippen LogP contribution in [0, 0.1) is 0 Å². The Bertz CT molecular complexity index is 865. The first kappa shape index (κ1) is 21.1. The van der Waals surface area contributed by atoms with Gasteiger partial charge in [0.15, 0.2) is 0 Å². The average molecular weight is 423 g/mol. The third-order valence-corrected chi connectivity index (χ3v) is 11.3. The molecule has 8 heteroatoms. The van der Waals surface area contributed by atoms with Crippen LogP contribution in [0.15, 0.2) is 60.7 Å². The molecule has 0 aromatic heterocycles. The summed E-state index contributed by atoms with van der Waals surface area (Å²) >= 11 is 0. The lowest BCUT2D eigenvalue weighted by Crippen LogP contribution is -2.68. The van der Waals surface area contributed by atoms with E-state index in [2.05, 4.69) is 20.8 Å². The van der Waals surface area contributed by atoms with Crippen LogP contribution in [0.4, 0.5) is 4.39 Å². The fourth-order valence-corrected chi connectivity index (χ4v) is 9.54. The van der Waals surface area contributed by atoms with E-state index in [0.717, 1.165) is 14.7 Å². The molecule has 152 valence electrons. The fraction of sp³-hybridized carbons (Fsp3) is 0.400. The summed E-state index contributed by atoms with van der Waals surface area (Å²) in [5.41, 5.74) is 0. The summed E-state index contributed by atoms with van der Waals surface area (Å²) in [4.78, 5) is 0. The Labute approximate surface area is 167 Å². The molecule has 0 saturated carbocycles. The predicted molar refractivity (Wildman–Crippen MR) is 112 cm³/mol. The van der Waals surface area contributed by atoms with Gasteiger partial charge >= 0.3 is 0 Å². The molecule has 1 saturated heterocycles. The van der Waals surface area contributed by atoms with Crippen LogP contribution < -0.4 is 15.5 Å². The Balaban J connectivity index is 2.19. The maximum Gasteiger partial charge on any atom is 0.279 e. The zero-order chi connectivity index (χ0) is 20.6. The lowest BCUT2D eigenvalue weighted by molar-refractivity contribution is 0.108. The van der Waals surface area contributed by atoms with E-state index < -0.39 is 30.9 Å². The van der Waals surface area contributed by atoms with Gasteiger partial charge in [-0.05, 0) is 15.4 Å². The molecule has 2 aromatic rings. The van der Waals surface area contributed by atoms with Crippen molar-refractivity contribution in [2.24, 2.45) is 5.14 Å². The summed E-state index contributed by atoms with van der Waals surface area (Å²) in [5, 5.41) is 7.04. The molecule has 0 bridgehead atoms. The zero-order valence-electron chi connectivity index (χ0n) is 16.4. The Morgan fingerprint density at radius 1 is 1.04 bits per heavy atom. The van der Waals surface area contributed by atoms with E-state index in [9.17, 15) is 12.8 Å². The van der Waals surface area contributed by atoms with Crippen molar-refractivity contribution in [2.75, 3.05) is 6.54 Å². The highest BCUT2D eigenvalue weighted by molar-refractivity contribution is 7.86. The van der Waals surface area contributed by atoms with Gasteiger partial charge in [0.05, 0.1) is 0 Å². The van der Waals surface area contributed by atoms with E-state index in [1.165, 1.54) is 0 Å². The van der Waals surface area contributed by atoms with Crippen molar-refractivity contribution in [1.29, 1.82) is 0 Å². The summed E-state index contributed by atoms with van der Waals surface area (Å²) in [6.45, 7) is 5.98. The first-order chi connectivity index (χ1) is 13.1. The molecular formula is C20H27FN2O3SSi. The van der Waals surface area contributed by atoms with Crippen molar-refractivity contribution in [1.82, 2.24) is 4.31 Å². The molecule has 3 rings (SSSR count). The Morgan fingerprint density at radius 2 is 1.50 bits per heavy atom. The Kier molecular flexibility index (Phi) is 5.80. The fourth-order valence-electron chi connectivity index (χ4n) is 3.99. The Morgan fingerprint density at radius 3 is 1.89 bits per heavy atom. The second-order valence-electron chi connectivity index (χ2n) is 8.18.